The molecule has 0 heterocycles. The van der Waals surface area contributed by atoms with E-state index < -0.39 is 16.6 Å². The molecule has 0 aromatic heterocycles. The molecule has 2 unspecified atom stereocenters. The van der Waals surface area contributed by atoms with Crippen molar-refractivity contribution in [2.45, 2.75) is 178 Å². The molecule has 0 aliphatic heterocycles. The molecule has 2 nitrogen and oxygen atoms in total. The van der Waals surface area contributed by atoms with Crippen LogP contribution in [-0.2, 0) is 8.85 Å². The van der Waals surface area contributed by atoms with Crippen molar-refractivity contribution in [1.29, 1.82) is 0 Å². The van der Waals surface area contributed by atoms with Gasteiger partial charge in [-0.3, -0.25) is 0 Å². The molecule has 0 saturated carbocycles. The first kappa shape index (κ1) is 35.7. The van der Waals surface area contributed by atoms with Gasteiger partial charge in [-0.05, 0) is 37.0 Å². The van der Waals surface area contributed by atoms with Crippen LogP contribution in [0.15, 0.2) is 0 Å². The second-order valence-corrected chi connectivity index (χ2v) is 21.8. The highest BCUT2D eigenvalue weighted by Crippen LogP contribution is 2.44. The smallest absolute Gasteiger partial charge is 0.205 e. The third-order valence-corrected chi connectivity index (χ3v) is 22.1. The third-order valence-electron chi connectivity index (χ3n) is 8.23. The van der Waals surface area contributed by atoms with Crippen molar-refractivity contribution in [3.05, 3.63) is 0 Å². The molecule has 0 radical (unpaired) electrons. The van der Waals surface area contributed by atoms with Crippen LogP contribution in [0.25, 0.3) is 0 Å². The van der Waals surface area contributed by atoms with Crippen molar-refractivity contribution in [3.63, 3.8) is 0 Å². The van der Waals surface area contributed by atoms with E-state index in [9.17, 15) is 0 Å². The highest BCUT2D eigenvalue weighted by atomic mass is 32.2. The summed E-state index contributed by atoms with van der Waals surface area (Å²) in [5, 5.41) is 0. The summed E-state index contributed by atoms with van der Waals surface area (Å²) in [5.41, 5.74) is 0. The molecule has 0 fully saturated rings. The Bertz CT molecular complexity index is 404. The van der Waals surface area contributed by atoms with Crippen LogP contribution < -0.4 is 0 Å². The van der Waals surface area contributed by atoms with Gasteiger partial charge in [0.05, 0.1) is 0 Å². The van der Waals surface area contributed by atoms with Gasteiger partial charge in [-0.25, -0.2) is 0 Å². The fourth-order valence-electron chi connectivity index (χ4n) is 5.89. The van der Waals surface area contributed by atoms with Crippen LogP contribution in [0.4, 0.5) is 0 Å². The summed E-state index contributed by atoms with van der Waals surface area (Å²) in [6.07, 6.45) is 21.4. The van der Waals surface area contributed by atoms with Crippen LogP contribution in [-0.4, -0.2) is 40.6 Å². The van der Waals surface area contributed by atoms with E-state index in [2.05, 4.69) is 67.5 Å². The molecule has 0 aliphatic carbocycles. The van der Waals surface area contributed by atoms with Crippen LogP contribution in [0.1, 0.15) is 144 Å². The van der Waals surface area contributed by atoms with Crippen molar-refractivity contribution < 1.29 is 8.85 Å². The van der Waals surface area contributed by atoms with Crippen LogP contribution in [0, 0.1) is 0 Å². The van der Waals surface area contributed by atoms with E-state index >= 15 is 0 Å². The van der Waals surface area contributed by atoms with Gasteiger partial charge in [-0.15, -0.1) is 0 Å². The van der Waals surface area contributed by atoms with Gasteiger partial charge >= 0.3 is 0 Å². The second kappa shape index (κ2) is 22.7. The Morgan fingerprint density at radius 1 is 0.457 bits per heavy atom. The Morgan fingerprint density at radius 2 is 0.743 bits per heavy atom. The molecular formula is C30H66O2SSi2. The minimum Gasteiger partial charge on any atom is -0.419 e. The van der Waals surface area contributed by atoms with Crippen LogP contribution in [0.5, 0.6) is 0 Å². The molecule has 2 atom stereocenters. The monoisotopic (exact) mass is 546 g/mol. The molecule has 0 aliphatic rings. The van der Waals surface area contributed by atoms with Crippen molar-refractivity contribution in [2.75, 3.05) is 14.2 Å². The van der Waals surface area contributed by atoms with Crippen LogP contribution in [0.2, 0.25) is 24.2 Å². The number of thioether (sulfide) groups is 1. The van der Waals surface area contributed by atoms with Crippen molar-refractivity contribution >= 4 is 28.4 Å². The zero-order valence-corrected chi connectivity index (χ0v) is 28.3. The van der Waals surface area contributed by atoms with E-state index in [1.54, 1.807) is 0 Å². The lowest BCUT2D eigenvalue weighted by Crippen LogP contribution is -2.53. The van der Waals surface area contributed by atoms with E-state index in [4.69, 9.17) is 8.85 Å². The normalized spacial score (nSPS) is 14.4. The quantitative estimate of drug-likeness (QED) is 0.0793. The van der Waals surface area contributed by atoms with Gasteiger partial charge in [0.2, 0.25) is 16.6 Å². The molecule has 0 saturated heterocycles. The van der Waals surface area contributed by atoms with Gasteiger partial charge in [0, 0.05) is 24.0 Å². The number of rotatable bonds is 26. The number of hydrogen-bond donors (Lipinski definition) is 0. The lowest BCUT2D eigenvalue weighted by molar-refractivity contribution is 0.376. The lowest BCUT2D eigenvalue weighted by Gasteiger charge is -2.44. The molecule has 0 rings (SSSR count). The van der Waals surface area contributed by atoms with Crippen LogP contribution in [0.3, 0.4) is 0 Å². The number of unbranched alkanes of at least 4 members (excludes halogenated alkanes) is 8. The molecule has 5 heteroatoms. The topological polar surface area (TPSA) is 18.5 Å². The summed E-state index contributed by atoms with van der Waals surface area (Å²) < 4.78 is 13.5. The molecule has 0 N–H and O–H groups in total. The minimum atomic E-state index is -1.82. The summed E-state index contributed by atoms with van der Waals surface area (Å²) in [7, 11) is 0.529. The fourth-order valence-corrected chi connectivity index (χ4v) is 20.6. The zero-order valence-electron chi connectivity index (χ0n) is 25.5. The maximum atomic E-state index is 6.76. The third kappa shape index (κ3) is 13.4. The van der Waals surface area contributed by atoms with E-state index in [1.165, 1.54) is 127 Å². The summed E-state index contributed by atoms with van der Waals surface area (Å²) in [6.45, 7) is 14.2. The standard InChI is InChI=1S/C30H66O2SSi2/c1-9-15-19-25-34(31-7,26-20-16-10-2)29(23-13-5)33-30(24-14-6)35(32-8,27-21-17-11-3)28-22-18-12-4/h29-30H,9-28H2,1-8H3. The fraction of sp³-hybridized carbons (Fsp3) is 1.00. The largest absolute Gasteiger partial charge is 0.419 e. The number of hydrogen-bond acceptors (Lipinski definition) is 3. The first-order valence-corrected chi connectivity index (χ1v) is 21.5. The maximum absolute atomic E-state index is 6.76. The molecule has 0 aromatic rings. The minimum absolute atomic E-state index is 0.724. The summed E-state index contributed by atoms with van der Waals surface area (Å²) in [4.78, 5) is 1.45. The van der Waals surface area contributed by atoms with Crippen molar-refractivity contribution in [2.24, 2.45) is 0 Å². The molecule has 0 aromatic carbocycles. The van der Waals surface area contributed by atoms with Gasteiger partial charge in [-0.2, -0.15) is 11.8 Å². The van der Waals surface area contributed by atoms with E-state index in [0.29, 0.717) is 0 Å². The maximum Gasteiger partial charge on any atom is 0.205 e. The van der Waals surface area contributed by atoms with Gasteiger partial charge in [0.1, 0.15) is 0 Å². The summed E-state index contributed by atoms with van der Waals surface area (Å²) in [5.74, 6) is 0. The highest BCUT2D eigenvalue weighted by molar-refractivity contribution is 8.03. The Morgan fingerprint density at radius 3 is 0.943 bits per heavy atom. The zero-order chi connectivity index (χ0) is 26.4. The highest BCUT2D eigenvalue weighted by Gasteiger charge is 2.48. The van der Waals surface area contributed by atoms with Crippen molar-refractivity contribution in [1.82, 2.24) is 0 Å². The molecule has 35 heavy (non-hydrogen) atoms. The average Bonchev–Trinajstić information content (AvgIpc) is 2.86. The molecule has 0 bridgehead atoms. The first-order valence-electron chi connectivity index (χ1n) is 15.7. The Hall–Kier alpha value is 0.704. The van der Waals surface area contributed by atoms with E-state index in [1.807, 2.05) is 0 Å². The second-order valence-electron chi connectivity index (χ2n) is 11.1. The van der Waals surface area contributed by atoms with Crippen molar-refractivity contribution in [3.8, 4) is 0 Å². The average molecular weight is 547 g/mol. The van der Waals surface area contributed by atoms with Crippen LogP contribution >= 0.6 is 11.8 Å². The summed E-state index contributed by atoms with van der Waals surface area (Å²) in [6, 6.07) is 5.46. The lowest BCUT2D eigenvalue weighted by atomic mass is 10.3. The van der Waals surface area contributed by atoms with E-state index in [-0.39, 0.29) is 0 Å². The van der Waals surface area contributed by atoms with Gasteiger partial charge in [-0.1, -0.05) is 131 Å². The predicted molar refractivity (Wildman–Crippen MR) is 168 cm³/mol. The van der Waals surface area contributed by atoms with Gasteiger partial charge < -0.3 is 8.85 Å². The molecule has 0 spiro atoms. The van der Waals surface area contributed by atoms with Gasteiger partial charge in [0.15, 0.2) is 0 Å². The predicted octanol–water partition coefficient (Wildman–Crippen LogP) is 11.1. The Labute approximate surface area is 229 Å². The molecule has 0 amide bonds. The van der Waals surface area contributed by atoms with Gasteiger partial charge in [0.25, 0.3) is 0 Å². The Kier molecular flexibility index (Phi) is 23.1. The summed E-state index contributed by atoms with van der Waals surface area (Å²) >= 11 is 2.41. The molecular weight excluding hydrogens is 481 g/mol. The Balaban J connectivity index is 6.13. The SMILES string of the molecule is CCCCC[Si](CCCCC)(OC)C(CCC)SC(CCC)[Si](CCCCC)(CCCCC)OC. The molecule has 212 valence electrons. The van der Waals surface area contributed by atoms with E-state index in [0.717, 1.165) is 9.75 Å². The first-order chi connectivity index (χ1) is 17.0.